The third-order valence-electron chi connectivity index (χ3n) is 3.38. The summed E-state index contributed by atoms with van der Waals surface area (Å²) in [6.07, 6.45) is 1.75. The van der Waals surface area contributed by atoms with Crippen molar-refractivity contribution in [3.63, 3.8) is 0 Å². The van der Waals surface area contributed by atoms with Gasteiger partial charge in [0, 0.05) is 17.3 Å². The van der Waals surface area contributed by atoms with E-state index >= 15 is 0 Å². The molecule has 4 rings (SSSR count). The standard InChI is InChI=1S/C17H12FN5S2/c18-13-6-2-1-5-12(13)15-21-17(23-22-15)25-10-11-9-24-16(20-11)14-7-3-4-8-19-14/h1-9H,10H2,(H,21,22,23). The number of hydrogen-bond donors (Lipinski definition) is 1. The largest absolute Gasteiger partial charge is 0.258 e. The lowest BCUT2D eigenvalue weighted by Crippen LogP contribution is -1.86. The van der Waals surface area contributed by atoms with Gasteiger partial charge in [0.25, 0.3) is 0 Å². The number of H-pyrrole nitrogens is 1. The molecule has 0 bridgehead atoms. The summed E-state index contributed by atoms with van der Waals surface area (Å²) in [6.45, 7) is 0. The molecule has 0 saturated carbocycles. The highest BCUT2D eigenvalue weighted by molar-refractivity contribution is 7.98. The van der Waals surface area contributed by atoms with Gasteiger partial charge in [-0.05, 0) is 24.3 Å². The van der Waals surface area contributed by atoms with Gasteiger partial charge in [0.1, 0.15) is 10.8 Å². The number of thiazole rings is 1. The van der Waals surface area contributed by atoms with Crippen molar-refractivity contribution in [3.05, 3.63) is 65.6 Å². The van der Waals surface area contributed by atoms with Gasteiger partial charge in [-0.25, -0.2) is 14.4 Å². The van der Waals surface area contributed by atoms with Crippen LogP contribution in [0.4, 0.5) is 4.39 Å². The summed E-state index contributed by atoms with van der Waals surface area (Å²) in [5, 5.41) is 10.4. The summed E-state index contributed by atoms with van der Waals surface area (Å²) in [4.78, 5) is 13.2. The SMILES string of the molecule is Fc1ccccc1-c1nc(SCc2csc(-c3ccccn3)n2)n[nH]1. The fraction of sp³-hybridized carbons (Fsp3) is 0.0588. The van der Waals surface area contributed by atoms with Crippen molar-refractivity contribution in [3.8, 4) is 22.1 Å². The minimum Gasteiger partial charge on any atom is -0.258 e. The molecular weight excluding hydrogens is 357 g/mol. The molecule has 0 amide bonds. The Labute approximate surface area is 151 Å². The molecule has 4 aromatic rings. The first-order valence-corrected chi connectivity index (χ1v) is 9.32. The number of halogens is 1. The average molecular weight is 369 g/mol. The molecule has 0 saturated heterocycles. The highest BCUT2D eigenvalue weighted by atomic mass is 32.2. The Morgan fingerprint density at radius 1 is 1.08 bits per heavy atom. The molecule has 3 heterocycles. The van der Waals surface area contributed by atoms with Crippen molar-refractivity contribution in [2.24, 2.45) is 0 Å². The Hall–Kier alpha value is -2.58. The number of thioether (sulfide) groups is 1. The fourth-order valence-electron chi connectivity index (χ4n) is 2.20. The summed E-state index contributed by atoms with van der Waals surface area (Å²) in [7, 11) is 0. The highest BCUT2D eigenvalue weighted by Crippen LogP contribution is 2.27. The van der Waals surface area contributed by atoms with E-state index in [0.717, 1.165) is 16.4 Å². The van der Waals surface area contributed by atoms with Crippen molar-refractivity contribution in [2.45, 2.75) is 10.9 Å². The zero-order valence-corrected chi connectivity index (χ0v) is 14.5. The van der Waals surface area contributed by atoms with Crippen molar-refractivity contribution >= 4 is 23.1 Å². The maximum Gasteiger partial charge on any atom is 0.209 e. The van der Waals surface area contributed by atoms with Crippen LogP contribution in [0, 0.1) is 5.82 Å². The zero-order valence-electron chi connectivity index (χ0n) is 12.9. The van der Waals surface area contributed by atoms with Crippen LogP contribution in [0.3, 0.4) is 0 Å². The molecule has 25 heavy (non-hydrogen) atoms. The van der Waals surface area contributed by atoms with Crippen LogP contribution in [0.2, 0.25) is 0 Å². The second kappa shape index (κ2) is 7.12. The normalized spacial score (nSPS) is 10.9. The third-order valence-corrected chi connectivity index (χ3v) is 5.17. The number of benzene rings is 1. The summed E-state index contributed by atoms with van der Waals surface area (Å²) in [6, 6.07) is 12.2. The lowest BCUT2D eigenvalue weighted by atomic mass is 10.2. The molecular formula is C17H12FN5S2. The van der Waals surface area contributed by atoms with Crippen LogP contribution in [-0.4, -0.2) is 25.1 Å². The Morgan fingerprint density at radius 3 is 2.80 bits per heavy atom. The molecule has 3 aromatic heterocycles. The van der Waals surface area contributed by atoms with Gasteiger partial charge >= 0.3 is 0 Å². The molecule has 0 aliphatic heterocycles. The Morgan fingerprint density at radius 2 is 1.96 bits per heavy atom. The van der Waals surface area contributed by atoms with Gasteiger partial charge in [-0.3, -0.25) is 10.1 Å². The van der Waals surface area contributed by atoms with Crippen LogP contribution in [0.5, 0.6) is 0 Å². The van der Waals surface area contributed by atoms with Gasteiger partial charge in [-0.15, -0.1) is 16.4 Å². The van der Waals surface area contributed by atoms with Gasteiger partial charge in [0.15, 0.2) is 5.82 Å². The monoisotopic (exact) mass is 369 g/mol. The first-order chi connectivity index (χ1) is 12.3. The van der Waals surface area contributed by atoms with Crippen LogP contribution in [0.25, 0.3) is 22.1 Å². The number of hydrogen-bond acceptors (Lipinski definition) is 6. The van der Waals surface area contributed by atoms with Crippen LogP contribution in [0.1, 0.15) is 5.69 Å². The topological polar surface area (TPSA) is 67.3 Å². The van der Waals surface area contributed by atoms with Gasteiger partial charge in [-0.2, -0.15) is 0 Å². The molecule has 1 aromatic carbocycles. The maximum atomic E-state index is 13.8. The second-order valence-corrected chi connectivity index (χ2v) is 6.89. The van der Waals surface area contributed by atoms with E-state index in [2.05, 4.69) is 25.1 Å². The smallest absolute Gasteiger partial charge is 0.209 e. The van der Waals surface area contributed by atoms with E-state index < -0.39 is 0 Å². The fourth-order valence-corrected chi connectivity index (χ4v) is 3.79. The maximum absolute atomic E-state index is 13.8. The lowest BCUT2D eigenvalue weighted by Gasteiger charge is -1.96. The summed E-state index contributed by atoms with van der Waals surface area (Å²) < 4.78 is 13.8. The van der Waals surface area contributed by atoms with Crippen molar-refractivity contribution in [1.82, 2.24) is 25.1 Å². The molecule has 0 unspecified atom stereocenters. The quantitative estimate of drug-likeness (QED) is 0.527. The van der Waals surface area contributed by atoms with Crippen molar-refractivity contribution in [1.29, 1.82) is 0 Å². The van der Waals surface area contributed by atoms with E-state index in [9.17, 15) is 4.39 Å². The van der Waals surface area contributed by atoms with Gasteiger partial charge in [-0.1, -0.05) is 30.0 Å². The molecule has 8 heteroatoms. The van der Waals surface area contributed by atoms with Crippen LogP contribution < -0.4 is 0 Å². The number of rotatable bonds is 5. The highest BCUT2D eigenvalue weighted by Gasteiger charge is 2.11. The molecule has 0 atom stereocenters. The molecule has 0 radical (unpaired) electrons. The molecule has 0 spiro atoms. The number of aromatic amines is 1. The number of aromatic nitrogens is 5. The van der Waals surface area contributed by atoms with E-state index in [1.54, 1.807) is 35.7 Å². The number of pyridine rings is 1. The predicted molar refractivity (Wildman–Crippen MR) is 96.7 cm³/mol. The number of nitrogens with zero attached hydrogens (tertiary/aromatic N) is 4. The van der Waals surface area contributed by atoms with Crippen LogP contribution in [0.15, 0.2) is 59.2 Å². The third kappa shape index (κ3) is 3.59. The van der Waals surface area contributed by atoms with E-state index in [1.165, 1.54) is 17.8 Å². The van der Waals surface area contributed by atoms with Crippen molar-refractivity contribution < 1.29 is 4.39 Å². The predicted octanol–water partition coefficient (Wildman–Crippen LogP) is 4.42. The summed E-state index contributed by atoms with van der Waals surface area (Å²) >= 11 is 3.01. The minimum atomic E-state index is -0.324. The van der Waals surface area contributed by atoms with E-state index in [-0.39, 0.29) is 5.82 Å². The molecule has 0 aliphatic carbocycles. The van der Waals surface area contributed by atoms with E-state index in [1.807, 2.05) is 23.6 Å². The van der Waals surface area contributed by atoms with Crippen molar-refractivity contribution in [2.75, 3.05) is 0 Å². The summed E-state index contributed by atoms with van der Waals surface area (Å²) in [5.74, 6) is 0.737. The van der Waals surface area contributed by atoms with E-state index in [0.29, 0.717) is 22.3 Å². The van der Waals surface area contributed by atoms with E-state index in [4.69, 9.17) is 0 Å². The summed E-state index contributed by atoms with van der Waals surface area (Å²) in [5.41, 5.74) is 2.21. The van der Waals surface area contributed by atoms with Gasteiger partial charge in [0.2, 0.25) is 5.16 Å². The first kappa shape index (κ1) is 15.9. The average Bonchev–Trinajstić information content (AvgIpc) is 3.31. The zero-order chi connectivity index (χ0) is 17.1. The minimum absolute atomic E-state index is 0.324. The molecule has 1 N–H and O–H groups in total. The Bertz CT molecular complexity index is 983. The van der Waals surface area contributed by atoms with Gasteiger partial charge < -0.3 is 0 Å². The lowest BCUT2D eigenvalue weighted by molar-refractivity contribution is 0.630. The van der Waals surface area contributed by atoms with Crippen LogP contribution in [-0.2, 0) is 5.75 Å². The first-order valence-electron chi connectivity index (χ1n) is 7.45. The van der Waals surface area contributed by atoms with Crippen LogP contribution >= 0.6 is 23.1 Å². The van der Waals surface area contributed by atoms with Gasteiger partial charge in [0.05, 0.1) is 17.0 Å². The Balaban J connectivity index is 1.44. The molecule has 5 nitrogen and oxygen atoms in total. The Kier molecular flexibility index (Phi) is 4.53. The molecule has 124 valence electrons. The second-order valence-electron chi connectivity index (χ2n) is 5.09. The number of nitrogens with one attached hydrogen (secondary N) is 1. The molecule has 0 aliphatic rings. The molecule has 0 fully saturated rings.